The van der Waals surface area contributed by atoms with Crippen molar-refractivity contribution in [3.63, 3.8) is 0 Å². The maximum Gasteiger partial charge on any atom is 0.300 e. The molecular weight excluding hydrogens is 480 g/mol. The van der Waals surface area contributed by atoms with E-state index in [4.69, 9.17) is 4.74 Å². The Morgan fingerprint density at radius 1 is 1.03 bits per heavy atom. The molecule has 3 N–H and O–H groups in total. The third kappa shape index (κ3) is 4.82. The van der Waals surface area contributed by atoms with Gasteiger partial charge in [-0.25, -0.2) is 0 Å². The number of methoxy groups -OCH3 is 1. The number of ketones is 1. The number of benzene rings is 3. The molecule has 1 aliphatic rings. The fourth-order valence-corrected chi connectivity index (χ4v) is 4.05. The number of carbonyl (C=O) groups excluding carboxylic acids is 3. The number of nitrogens with one attached hydrogen (secondary N) is 2. The molecule has 0 aromatic heterocycles. The molecule has 1 saturated heterocycles. The van der Waals surface area contributed by atoms with E-state index in [1.54, 1.807) is 42.5 Å². The van der Waals surface area contributed by atoms with E-state index in [1.807, 2.05) is 0 Å². The number of hydrogen-bond donors (Lipinski definition) is 3. The molecule has 0 aliphatic carbocycles. The van der Waals surface area contributed by atoms with Crippen LogP contribution in [0.1, 0.15) is 28.9 Å². The maximum absolute atomic E-state index is 13.2. The number of nitro benzene ring substituents is 1. The number of Topliss-reactive ketones (excluding diaryl/α,β-unsaturated/α-hetero) is 1. The van der Waals surface area contributed by atoms with Gasteiger partial charge in [-0.15, -0.1) is 0 Å². The molecule has 0 bridgehead atoms. The van der Waals surface area contributed by atoms with Gasteiger partial charge in [0, 0.05) is 23.5 Å². The minimum atomic E-state index is -1.03. The number of phenolic OH excluding ortho intramolecular Hbond substituents is 1. The molecule has 3 aromatic rings. The monoisotopic (exact) mass is 502 g/mol. The van der Waals surface area contributed by atoms with Gasteiger partial charge in [0.1, 0.15) is 11.5 Å². The van der Waals surface area contributed by atoms with E-state index in [0.717, 1.165) is 0 Å². The third-order valence-electron chi connectivity index (χ3n) is 5.85. The molecule has 11 heteroatoms. The zero-order valence-corrected chi connectivity index (χ0v) is 19.8. The highest BCUT2D eigenvalue weighted by atomic mass is 16.6. The van der Waals surface area contributed by atoms with Crippen LogP contribution in [0, 0.1) is 10.1 Å². The first kappa shape index (κ1) is 24.9. The van der Waals surface area contributed by atoms with E-state index in [1.165, 1.54) is 49.3 Å². The number of para-hydroxylation sites is 1. The molecule has 0 radical (unpaired) electrons. The zero-order valence-electron chi connectivity index (χ0n) is 19.8. The fraction of sp³-hybridized carbons (Fsp3) is 0.115. The van der Waals surface area contributed by atoms with Crippen LogP contribution in [0.3, 0.4) is 0 Å². The number of hydrazine groups is 1. The lowest BCUT2D eigenvalue weighted by Crippen LogP contribution is -2.37. The molecule has 188 valence electrons. The average Bonchev–Trinajstić information content (AvgIpc) is 3.17. The number of nitro groups is 1. The van der Waals surface area contributed by atoms with Gasteiger partial charge in [-0.3, -0.25) is 34.8 Å². The van der Waals surface area contributed by atoms with Crippen LogP contribution < -0.4 is 20.5 Å². The van der Waals surface area contributed by atoms with E-state index in [2.05, 4.69) is 10.9 Å². The normalized spacial score (nSPS) is 16.4. The van der Waals surface area contributed by atoms with Crippen LogP contribution in [0.2, 0.25) is 0 Å². The lowest BCUT2D eigenvalue weighted by molar-refractivity contribution is -0.384. The van der Waals surface area contributed by atoms with Gasteiger partial charge < -0.3 is 15.3 Å². The van der Waals surface area contributed by atoms with Crippen molar-refractivity contribution in [2.24, 2.45) is 0 Å². The van der Waals surface area contributed by atoms with Gasteiger partial charge in [0.05, 0.1) is 29.2 Å². The summed E-state index contributed by atoms with van der Waals surface area (Å²) in [6, 6.07) is 17.0. The Balaban J connectivity index is 1.77. The van der Waals surface area contributed by atoms with Crippen molar-refractivity contribution in [1.82, 2.24) is 10.9 Å². The van der Waals surface area contributed by atoms with Gasteiger partial charge >= 0.3 is 0 Å². The second-order valence-corrected chi connectivity index (χ2v) is 8.09. The van der Waals surface area contributed by atoms with Gasteiger partial charge in [0.2, 0.25) is 0 Å². The fourth-order valence-electron chi connectivity index (χ4n) is 4.05. The number of rotatable bonds is 7. The minimum absolute atomic E-state index is 0.00102. The van der Waals surface area contributed by atoms with Gasteiger partial charge in [-0.1, -0.05) is 24.3 Å². The van der Waals surface area contributed by atoms with Crippen molar-refractivity contribution in [2.75, 3.05) is 12.0 Å². The number of ether oxygens (including phenoxy) is 1. The quantitative estimate of drug-likeness (QED) is 0.193. The van der Waals surface area contributed by atoms with E-state index in [-0.39, 0.29) is 28.3 Å². The summed E-state index contributed by atoms with van der Waals surface area (Å²) >= 11 is 0. The van der Waals surface area contributed by atoms with Gasteiger partial charge in [-0.05, 0) is 48.9 Å². The first-order chi connectivity index (χ1) is 17.7. The van der Waals surface area contributed by atoms with E-state index >= 15 is 0 Å². The van der Waals surface area contributed by atoms with E-state index in [0.29, 0.717) is 17.0 Å². The van der Waals surface area contributed by atoms with Gasteiger partial charge in [0.25, 0.3) is 23.3 Å². The lowest BCUT2D eigenvalue weighted by Gasteiger charge is -2.26. The number of nitrogens with zero attached hydrogens (tertiary/aromatic N) is 2. The Labute approximate surface area is 211 Å². The average molecular weight is 502 g/mol. The molecule has 3 aromatic carbocycles. The predicted molar refractivity (Wildman–Crippen MR) is 133 cm³/mol. The minimum Gasteiger partial charge on any atom is -0.507 e. The predicted octanol–water partition coefficient (Wildman–Crippen LogP) is 3.17. The molecule has 2 amide bonds. The standard InChI is InChI=1S/C26H22N4O7/c1-15(27-28-25(33)20-8-3-4-9-21(20)31)22-23(16-6-5-7-18(14-16)30(35)36)29(26(34)24(22)32)17-10-12-19(37-2)13-11-17/h3-14,23,27,31H,1-2H3,(H,28,33). The van der Waals surface area contributed by atoms with Crippen molar-refractivity contribution in [2.45, 2.75) is 13.0 Å². The Bertz CT molecular complexity index is 1430. The SMILES string of the molecule is COc1ccc(N2C(=O)C(=O)C(=C(C)NNC(=O)c3ccccc3O)C2c2cccc([N+](=O)[O-])c2)cc1. The molecule has 11 nitrogen and oxygen atoms in total. The summed E-state index contributed by atoms with van der Waals surface area (Å²) in [7, 11) is 1.49. The number of anilines is 1. The van der Waals surface area contributed by atoms with E-state index < -0.39 is 28.6 Å². The van der Waals surface area contributed by atoms with Crippen LogP contribution in [0.4, 0.5) is 11.4 Å². The molecule has 37 heavy (non-hydrogen) atoms. The van der Waals surface area contributed by atoms with Crippen molar-refractivity contribution in [1.29, 1.82) is 0 Å². The zero-order chi connectivity index (χ0) is 26.7. The number of non-ortho nitro benzene ring substituents is 1. The maximum atomic E-state index is 13.2. The number of allylic oxidation sites excluding steroid dienone is 1. The summed E-state index contributed by atoms with van der Waals surface area (Å²) in [5.41, 5.74) is 5.68. The molecule has 1 fully saturated rings. The number of hydrogen-bond acceptors (Lipinski definition) is 8. The highest BCUT2D eigenvalue weighted by Crippen LogP contribution is 2.41. The second kappa shape index (κ2) is 10.2. The highest BCUT2D eigenvalue weighted by molar-refractivity contribution is 6.50. The summed E-state index contributed by atoms with van der Waals surface area (Å²) in [6.45, 7) is 1.49. The number of phenols is 1. The second-order valence-electron chi connectivity index (χ2n) is 8.09. The highest BCUT2D eigenvalue weighted by Gasteiger charge is 2.46. The number of aromatic hydroxyl groups is 1. The number of amides is 2. The van der Waals surface area contributed by atoms with Crippen molar-refractivity contribution in [3.8, 4) is 11.5 Å². The molecule has 1 unspecified atom stereocenters. The molecule has 1 aliphatic heterocycles. The summed E-state index contributed by atoms with van der Waals surface area (Å²) < 4.78 is 5.17. The van der Waals surface area contributed by atoms with Gasteiger partial charge in [-0.2, -0.15) is 0 Å². The van der Waals surface area contributed by atoms with Crippen LogP contribution in [0.5, 0.6) is 11.5 Å². The van der Waals surface area contributed by atoms with Crippen molar-refractivity contribution >= 4 is 29.0 Å². The van der Waals surface area contributed by atoms with Crippen molar-refractivity contribution < 1.29 is 29.2 Å². The first-order valence-corrected chi connectivity index (χ1v) is 11.0. The number of carbonyl (C=O) groups is 3. The Kier molecular flexibility index (Phi) is 6.87. The van der Waals surface area contributed by atoms with Crippen LogP contribution >= 0.6 is 0 Å². The summed E-state index contributed by atoms with van der Waals surface area (Å²) in [5.74, 6) is -2.05. The van der Waals surface area contributed by atoms with Crippen molar-refractivity contribution in [3.05, 3.63) is 105 Å². The molecule has 1 heterocycles. The first-order valence-electron chi connectivity index (χ1n) is 11.0. The van der Waals surface area contributed by atoms with Crippen LogP contribution in [-0.4, -0.2) is 34.7 Å². The smallest absolute Gasteiger partial charge is 0.300 e. The summed E-state index contributed by atoms with van der Waals surface area (Å²) in [6.07, 6.45) is 0. The molecule has 4 rings (SSSR count). The topological polar surface area (TPSA) is 151 Å². The molecule has 0 spiro atoms. The van der Waals surface area contributed by atoms with Crippen LogP contribution in [0.15, 0.2) is 84.1 Å². The Morgan fingerprint density at radius 2 is 1.73 bits per heavy atom. The summed E-state index contributed by atoms with van der Waals surface area (Å²) in [4.78, 5) is 51.1. The summed E-state index contributed by atoms with van der Waals surface area (Å²) in [5, 5.41) is 21.3. The molecule has 1 atom stereocenters. The Hall–Kier alpha value is -5.19. The third-order valence-corrected chi connectivity index (χ3v) is 5.85. The van der Waals surface area contributed by atoms with E-state index in [9.17, 15) is 29.6 Å². The molecule has 0 saturated carbocycles. The molecular formula is C26H22N4O7. The largest absolute Gasteiger partial charge is 0.507 e. The van der Waals surface area contributed by atoms with Gasteiger partial charge in [0.15, 0.2) is 0 Å². The Morgan fingerprint density at radius 3 is 2.38 bits per heavy atom. The van der Waals surface area contributed by atoms with Crippen LogP contribution in [0.25, 0.3) is 0 Å². The van der Waals surface area contributed by atoms with Crippen LogP contribution in [-0.2, 0) is 9.59 Å². The lowest BCUT2D eigenvalue weighted by atomic mass is 9.96.